The molecule has 0 aliphatic heterocycles. The molecule has 0 spiro atoms. The number of pyridine rings is 1. The van der Waals surface area contributed by atoms with Gasteiger partial charge in [0.05, 0.1) is 12.8 Å². The van der Waals surface area contributed by atoms with E-state index in [1.54, 1.807) is 13.3 Å². The van der Waals surface area contributed by atoms with E-state index in [2.05, 4.69) is 31.1 Å². The number of hydrogen-bond acceptors (Lipinski definition) is 3. The molecule has 0 aliphatic carbocycles. The normalized spacial score (nSPS) is 12.6. The predicted molar refractivity (Wildman–Crippen MR) is 63.3 cm³/mol. The van der Waals surface area contributed by atoms with Gasteiger partial charge in [-0.2, -0.15) is 0 Å². The van der Waals surface area contributed by atoms with Crippen molar-refractivity contribution in [3.8, 4) is 5.88 Å². The molecule has 0 aromatic carbocycles. The van der Waals surface area contributed by atoms with E-state index in [0.29, 0.717) is 17.8 Å². The third kappa shape index (κ3) is 3.11. The summed E-state index contributed by atoms with van der Waals surface area (Å²) in [5, 5.41) is 3.46. The summed E-state index contributed by atoms with van der Waals surface area (Å²) in [6.45, 7) is 6.61. The zero-order valence-electron chi connectivity index (χ0n) is 9.95. The van der Waals surface area contributed by atoms with E-state index in [1.165, 1.54) is 0 Å². The van der Waals surface area contributed by atoms with Gasteiger partial charge >= 0.3 is 0 Å². The molecule has 1 heterocycles. The molecule has 0 unspecified atom stereocenters. The van der Waals surface area contributed by atoms with Crippen LogP contribution in [0.4, 0.5) is 5.69 Å². The van der Waals surface area contributed by atoms with Crippen LogP contribution < -0.4 is 10.1 Å². The van der Waals surface area contributed by atoms with Gasteiger partial charge in [0.25, 0.3) is 0 Å². The Morgan fingerprint density at radius 2 is 2.20 bits per heavy atom. The minimum atomic E-state index is 0.461. The molecule has 3 heteroatoms. The average molecular weight is 208 g/mol. The van der Waals surface area contributed by atoms with Gasteiger partial charge in [0.15, 0.2) is 0 Å². The smallest absolute Gasteiger partial charge is 0.237 e. The number of hydrogen-bond donors (Lipinski definition) is 1. The second-order valence-electron chi connectivity index (χ2n) is 3.96. The summed E-state index contributed by atoms with van der Waals surface area (Å²) in [6, 6.07) is 4.37. The fourth-order valence-electron chi connectivity index (χ4n) is 1.60. The topological polar surface area (TPSA) is 34.2 Å². The van der Waals surface area contributed by atoms with Crippen molar-refractivity contribution in [2.24, 2.45) is 5.92 Å². The standard InChI is InChI=1S/C12H20N2O/c1-5-10(9(2)3)14-11-7-6-8-13-12(11)15-4/h6-10,14H,5H2,1-4H3/t10-/m0/s1. The fraction of sp³-hybridized carbons (Fsp3) is 0.583. The van der Waals surface area contributed by atoms with Crippen LogP contribution >= 0.6 is 0 Å². The van der Waals surface area contributed by atoms with Gasteiger partial charge in [0.2, 0.25) is 5.88 Å². The van der Waals surface area contributed by atoms with Crippen molar-refractivity contribution in [3.05, 3.63) is 18.3 Å². The maximum Gasteiger partial charge on any atom is 0.237 e. The number of anilines is 1. The highest BCUT2D eigenvalue weighted by Crippen LogP contribution is 2.23. The number of rotatable bonds is 5. The van der Waals surface area contributed by atoms with Gasteiger partial charge in [0.1, 0.15) is 0 Å². The first kappa shape index (κ1) is 11.8. The van der Waals surface area contributed by atoms with Crippen LogP contribution in [-0.4, -0.2) is 18.1 Å². The number of nitrogens with zero attached hydrogens (tertiary/aromatic N) is 1. The van der Waals surface area contributed by atoms with Crippen molar-refractivity contribution in [2.75, 3.05) is 12.4 Å². The fourth-order valence-corrected chi connectivity index (χ4v) is 1.60. The van der Waals surface area contributed by atoms with E-state index in [0.717, 1.165) is 12.1 Å². The summed E-state index contributed by atoms with van der Waals surface area (Å²) >= 11 is 0. The molecule has 1 N–H and O–H groups in total. The lowest BCUT2D eigenvalue weighted by molar-refractivity contribution is 0.397. The van der Waals surface area contributed by atoms with Crippen LogP contribution in [0.1, 0.15) is 27.2 Å². The quantitative estimate of drug-likeness (QED) is 0.807. The molecule has 3 nitrogen and oxygen atoms in total. The van der Waals surface area contributed by atoms with Gasteiger partial charge in [-0.05, 0) is 24.5 Å². The van der Waals surface area contributed by atoms with Gasteiger partial charge in [-0.25, -0.2) is 4.98 Å². The summed E-state index contributed by atoms with van der Waals surface area (Å²) < 4.78 is 5.20. The molecule has 0 saturated heterocycles. The summed E-state index contributed by atoms with van der Waals surface area (Å²) in [6.07, 6.45) is 2.83. The molecule has 0 bridgehead atoms. The van der Waals surface area contributed by atoms with Crippen LogP contribution in [0.2, 0.25) is 0 Å². The minimum absolute atomic E-state index is 0.461. The second kappa shape index (κ2) is 5.59. The number of methoxy groups -OCH3 is 1. The molecule has 0 fully saturated rings. The van der Waals surface area contributed by atoms with Crippen molar-refractivity contribution < 1.29 is 4.74 Å². The Morgan fingerprint density at radius 3 is 2.73 bits per heavy atom. The third-order valence-corrected chi connectivity index (χ3v) is 2.55. The van der Waals surface area contributed by atoms with Crippen LogP contribution in [0.5, 0.6) is 5.88 Å². The molecule has 1 rings (SSSR count). The minimum Gasteiger partial charge on any atom is -0.480 e. The largest absolute Gasteiger partial charge is 0.480 e. The second-order valence-corrected chi connectivity index (χ2v) is 3.96. The molecule has 1 aromatic heterocycles. The number of ether oxygens (including phenoxy) is 1. The maximum atomic E-state index is 5.20. The van der Waals surface area contributed by atoms with Crippen LogP contribution in [0.25, 0.3) is 0 Å². The summed E-state index contributed by atoms with van der Waals surface area (Å²) in [5.41, 5.74) is 0.973. The lowest BCUT2D eigenvalue weighted by Gasteiger charge is -2.22. The lowest BCUT2D eigenvalue weighted by atomic mass is 10.0. The third-order valence-electron chi connectivity index (χ3n) is 2.55. The van der Waals surface area contributed by atoms with Gasteiger partial charge in [-0.15, -0.1) is 0 Å². The van der Waals surface area contributed by atoms with Crippen molar-refractivity contribution in [1.29, 1.82) is 0 Å². The monoisotopic (exact) mass is 208 g/mol. The van der Waals surface area contributed by atoms with Crippen molar-refractivity contribution >= 4 is 5.69 Å². The van der Waals surface area contributed by atoms with E-state index >= 15 is 0 Å². The molecule has 1 aromatic rings. The van der Waals surface area contributed by atoms with Gasteiger partial charge < -0.3 is 10.1 Å². The molecule has 0 aliphatic rings. The zero-order valence-corrected chi connectivity index (χ0v) is 9.95. The Hall–Kier alpha value is -1.25. The Bertz CT molecular complexity index is 299. The van der Waals surface area contributed by atoms with Gasteiger partial charge in [0, 0.05) is 12.2 Å². The van der Waals surface area contributed by atoms with Crippen LogP contribution in [0.3, 0.4) is 0 Å². The average Bonchev–Trinajstić information content (AvgIpc) is 2.25. The molecule has 0 saturated carbocycles. The molecule has 0 radical (unpaired) electrons. The Morgan fingerprint density at radius 1 is 1.47 bits per heavy atom. The first-order valence-electron chi connectivity index (χ1n) is 5.44. The van der Waals surface area contributed by atoms with Crippen molar-refractivity contribution in [2.45, 2.75) is 33.2 Å². The first-order valence-corrected chi connectivity index (χ1v) is 5.44. The molecular formula is C12H20N2O. The highest BCUT2D eigenvalue weighted by atomic mass is 16.5. The van der Waals surface area contributed by atoms with E-state index in [9.17, 15) is 0 Å². The predicted octanol–water partition coefficient (Wildman–Crippen LogP) is 2.94. The van der Waals surface area contributed by atoms with E-state index in [-0.39, 0.29) is 0 Å². The first-order chi connectivity index (χ1) is 7.19. The van der Waals surface area contributed by atoms with Gasteiger partial charge in [-0.3, -0.25) is 0 Å². The molecular weight excluding hydrogens is 188 g/mol. The highest BCUT2D eigenvalue weighted by Gasteiger charge is 2.12. The van der Waals surface area contributed by atoms with Crippen molar-refractivity contribution in [3.63, 3.8) is 0 Å². The maximum absolute atomic E-state index is 5.20. The Labute approximate surface area is 91.9 Å². The van der Waals surface area contributed by atoms with Crippen LogP contribution in [-0.2, 0) is 0 Å². The van der Waals surface area contributed by atoms with E-state index < -0.39 is 0 Å². The molecule has 0 amide bonds. The summed E-state index contributed by atoms with van der Waals surface area (Å²) in [7, 11) is 1.64. The summed E-state index contributed by atoms with van der Waals surface area (Å²) in [4.78, 5) is 4.16. The molecule has 84 valence electrons. The number of nitrogens with one attached hydrogen (secondary N) is 1. The Balaban J connectivity index is 2.78. The van der Waals surface area contributed by atoms with Gasteiger partial charge in [-0.1, -0.05) is 20.8 Å². The van der Waals surface area contributed by atoms with Crippen LogP contribution in [0, 0.1) is 5.92 Å². The number of aromatic nitrogens is 1. The molecule has 15 heavy (non-hydrogen) atoms. The molecule has 1 atom stereocenters. The van der Waals surface area contributed by atoms with E-state index in [4.69, 9.17) is 4.74 Å². The summed E-state index contributed by atoms with van der Waals surface area (Å²) in [5.74, 6) is 1.26. The van der Waals surface area contributed by atoms with E-state index in [1.807, 2.05) is 12.1 Å². The highest BCUT2D eigenvalue weighted by molar-refractivity contribution is 5.52. The SMILES string of the molecule is CC[C@H](Nc1cccnc1OC)C(C)C. The lowest BCUT2D eigenvalue weighted by Crippen LogP contribution is -2.24. The van der Waals surface area contributed by atoms with Crippen LogP contribution in [0.15, 0.2) is 18.3 Å². The van der Waals surface area contributed by atoms with Crippen molar-refractivity contribution in [1.82, 2.24) is 4.98 Å². The Kier molecular flexibility index (Phi) is 4.40. The zero-order chi connectivity index (χ0) is 11.3.